The Labute approximate surface area is 193 Å². The van der Waals surface area contributed by atoms with E-state index < -0.39 is 28.5 Å². The van der Waals surface area contributed by atoms with Gasteiger partial charge in [-0.1, -0.05) is 42.3 Å². The van der Waals surface area contributed by atoms with Crippen molar-refractivity contribution in [1.29, 1.82) is 0 Å². The van der Waals surface area contributed by atoms with Crippen LogP contribution < -0.4 is 9.62 Å². The van der Waals surface area contributed by atoms with Gasteiger partial charge in [-0.3, -0.25) is 13.9 Å². The molecular weight excluding hydrogens is 461 g/mol. The third kappa shape index (κ3) is 6.85. The summed E-state index contributed by atoms with van der Waals surface area (Å²) in [6.45, 7) is 1.46. The second kappa shape index (κ2) is 10.8. The molecule has 168 valence electrons. The number of carbonyl (C=O) groups is 2. The Bertz CT molecular complexity index is 1010. The summed E-state index contributed by atoms with van der Waals surface area (Å²) in [5.41, 5.74) is 1.07. The van der Waals surface area contributed by atoms with Gasteiger partial charge in [-0.25, -0.2) is 8.42 Å². The van der Waals surface area contributed by atoms with Crippen LogP contribution in [0.1, 0.15) is 18.9 Å². The highest BCUT2D eigenvalue weighted by molar-refractivity contribution is 7.92. The van der Waals surface area contributed by atoms with Crippen molar-refractivity contribution in [1.82, 2.24) is 10.2 Å². The topological polar surface area (TPSA) is 86.8 Å². The molecule has 0 spiro atoms. The smallest absolute Gasteiger partial charge is 0.244 e. The first-order valence-electron chi connectivity index (χ1n) is 9.55. The molecule has 0 unspecified atom stereocenters. The van der Waals surface area contributed by atoms with Crippen LogP contribution in [-0.4, -0.2) is 51.0 Å². The summed E-state index contributed by atoms with van der Waals surface area (Å²) >= 11 is 11.8. The molecule has 0 saturated heterocycles. The van der Waals surface area contributed by atoms with Crippen LogP contribution in [0.15, 0.2) is 48.5 Å². The van der Waals surface area contributed by atoms with E-state index in [-0.39, 0.29) is 12.5 Å². The van der Waals surface area contributed by atoms with Crippen LogP contribution >= 0.6 is 23.2 Å². The Morgan fingerprint density at radius 3 is 1.97 bits per heavy atom. The number of halogens is 2. The van der Waals surface area contributed by atoms with Crippen LogP contribution in [0.25, 0.3) is 0 Å². The van der Waals surface area contributed by atoms with Gasteiger partial charge in [0, 0.05) is 23.6 Å². The van der Waals surface area contributed by atoms with Crippen molar-refractivity contribution in [3.63, 3.8) is 0 Å². The quantitative estimate of drug-likeness (QED) is 0.589. The number of hydrogen-bond donors (Lipinski definition) is 1. The maximum absolute atomic E-state index is 13.3. The highest BCUT2D eigenvalue weighted by Gasteiger charge is 2.31. The Morgan fingerprint density at radius 1 is 1.00 bits per heavy atom. The van der Waals surface area contributed by atoms with Gasteiger partial charge < -0.3 is 10.2 Å². The second-order valence-corrected chi connectivity index (χ2v) is 9.71. The van der Waals surface area contributed by atoms with Crippen LogP contribution in [0.2, 0.25) is 10.0 Å². The van der Waals surface area contributed by atoms with Crippen LogP contribution in [0, 0.1) is 0 Å². The summed E-state index contributed by atoms with van der Waals surface area (Å²) in [7, 11) is -2.28. The van der Waals surface area contributed by atoms with Gasteiger partial charge in [-0.15, -0.1) is 0 Å². The molecule has 2 aromatic rings. The number of anilines is 1. The third-order valence-corrected chi connectivity index (χ3v) is 6.34. The molecule has 0 radical (unpaired) electrons. The van der Waals surface area contributed by atoms with Gasteiger partial charge >= 0.3 is 0 Å². The van der Waals surface area contributed by atoms with E-state index in [1.807, 2.05) is 0 Å². The molecule has 1 N–H and O–H groups in total. The van der Waals surface area contributed by atoms with Crippen LogP contribution in [-0.2, 0) is 26.2 Å². The lowest BCUT2D eigenvalue weighted by Gasteiger charge is -2.32. The van der Waals surface area contributed by atoms with Crippen molar-refractivity contribution in [3.05, 3.63) is 64.1 Å². The molecule has 7 nitrogen and oxygen atoms in total. The summed E-state index contributed by atoms with van der Waals surface area (Å²) in [6.07, 6.45) is 1.38. The second-order valence-electron chi connectivity index (χ2n) is 6.93. The first kappa shape index (κ1) is 25.0. The van der Waals surface area contributed by atoms with E-state index in [4.69, 9.17) is 23.2 Å². The number of hydrogen-bond acceptors (Lipinski definition) is 4. The molecule has 10 heteroatoms. The molecule has 0 fully saturated rings. The number of nitrogens with zero attached hydrogens (tertiary/aromatic N) is 2. The van der Waals surface area contributed by atoms with Crippen molar-refractivity contribution in [2.24, 2.45) is 0 Å². The third-order valence-electron chi connectivity index (χ3n) is 4.69. The van der Waals surface area contributed by atoms with Gasteiger partial charge in [0.1, 0.15) is 12.6 Å². The van der Waals surface area contributed by atoms with Gasteiger partial charge in [-0.05, 0) is 48.4 Å². The average molecular weight is 486 g/mol. The van der Waals surface area contributed by atoms with E-state index in [2.05, 4.69) is 5.32 Å². The number of benzene rings is 2. The molecule has 2 amide bonds. The maximum atomic E-state index is 13.3. The summed E-state index contributed by atoms with van der Waals surface area (Å²) in [5.74, 6) is -0.840. The van der Waals surface area contributed by atoms with Crippen molar-refractivity contribution in [2.75, 3.05) is 24.2 Å². The number of rotatable bonds is 9. The van der Waals surface area contributed by atoms with Crippen molar-refractivity contribution < 1.29 is 18.0 Å². The first-order chi connectivity index (χ1) is 14.6. The van der Waals surface area contributed by atoms with E-state index in [1.165, 1.54) is 24.1 Å². The minimum absolute atomic E-state index is 0.125. The van der Waals surface area contributed by atoms with E-state index in [1.54, 1.807) is 43.3 Å². The van der Waals surface area contributed by atoms with Gasteiger partial charge in [-0.2, -0.15) is 0 Å². The number of likely N-dealkylation sites (N-methyl/N-ethyl adjacent to an activating group) is 1. The molecule has 0 heterocycles. The summed E-state index contributed by atoms with van der Waals surface area (Å²) in [6, 6.07) is 12.3. The van der Waals surface area contributed by atoms with Gasteiger partial charge in [0.05, 0.1) is 11.9 Å². The Kier molecular flexibility index (Phi) is 8.73. The molecule has 0 aromatic heterocycles. The maximum Gasteiger partial charge on any atom is 0.244 e. The zero-order valence-corrected chi connectivity index (χ0v) is 19.8. The molecular formula is C21H25Cl2N3O4S. The van der Waals surface area contributed by atoms with Crippen molar-refractivity contribution in [2.45, 2.75) is 25.9 Å². The van der Waals surface area contributed by atoms with E-state index in [0.29, 0.717) is 22.2 Å². The molecule has 31 heavy (non-hydrogen) atoms. The molecule has 2 aromatic carbocycles. The minimum atomic E-state index is -3.77. The fourth-order valence-electron chi connectivity index (χ4n) is 3.09. The molecule has 0 saturated carbocycles. The summed E-state index contributed by atoms with van der Waals surface area (Å²) in [4.78, 5) is 27.2. The largest absolute Gasteiger partial charge is 0.357 e. The lowest BCUT2D eigenvalue weighted by Crippen LogP contribution is -2.51. The predicted octanol–water partition coefficient (Wildman–Crippen LogP) is 3.31. The van der Waals surface area contributed by atoms with Crippen molar-refractivity contribution in [3.8, 4) is 0 Å². The van der Waals surface area contributed by atoms with E-state index >= 15 is 0 Å². The van der Waals surface area contributed by atoms with Gasteiger partial charge in [0.15, 0.2) is 0 Å². The number of nitrogens with one attached hydrogen (secondary N) is 1. The average Bonchev–Trinajstić information content (AvgIpc) is 2.72. The number of sulfonamides is 1. The van der Waals surface area contributed by atoms with Crippen LogP contribution in [0.4, 0.5) is 5.69 Å². The van der Waals surface area contributed by atoms with Crippen molar-refractivity contribution >= 4 is 50.7 Å². The molecule has 0 aliphatic rings. The van der Waals surface area contributed by atoms with Gasteiger partial charge in [0.2, 0.25) is 21.8 Å². The fourth-order valence-corrected chi connectivity index (χ4v) is 4.20. The molecule has 0 aliphatic carbocycles. The summed E-state index contributed by atoms with van der Waals surface area (Å²) < 4.78 is 25.9. The van der Waals surface area contributed by atoms with E-state index in [0.717, 1.165) is 16.1 Å². The normalized spacial score (nSPS) is 12.2. The minimum Gasteiger partial charge on any atom is -0.357 e. The first-order valence-corrected chi connectivity index (χ1v) is 12.2. The highest BCUT2D eigenvalue weighted by Crippen LogP contribution is 2.22. The molecule has 1 atom stereocenters. The molecule has 2 rings (SSSR count). The van der Waals surface area contributed by atoms with Crippen LogP contribution in [0.3, 0.4) is 0 Å². The van der Waals surface area contributed by atoms with E-state index in [9.17, 15) is 18.0 Å². The standard InChI is InChI=1S/C21H25Cl2N3O4S/c1-4-19(21(28)24-2)25(13-15-5-7-16(22)8-6-15)20(27)14-26(31(3,29)30)18-11-9-17(23)10-12-18/h5-12,19H,4,13-14H2,1-3H3,(H,24,28)/t19-/m1/s1. The number of amides is 2. The zero-order valence-electron chi connectivity index (χ0n) is 17.5. The monoisotopic (exact) mass is 485 g/mol. The molecule has 0 aliphatic heterocycles. The zero-order chi connectivity index (χ0) is 23.2. The molecule has 0 bridgehead atoms. The predicted molar refractivity (Wildman–Crippen MR) is 124 cm³/mol. The fraction of sp³-hybridized carbons (Fsp3) is 0.333. The Morgan fingerprint density at radius 2 is 1.52 bits per heavy atom. The number of carbonyl (C=O) groups excluding carboxylic acids is 2. The summed E-state index contributed by atoms with van der Waals surface area (Å²) in [5, 5.41) is 3.56. The Hall–Kier alpha value is -2.29. The van der Waals surface area contributed by atoms with Gasteiger partial charge in [0.25, 0.3) is 0 Å². The lowest BCUT2D eigenvalue weighted by atomic mass is 10.1. The lowest BCUT2D eigenvalue weighted by molar-refractivity contribution is -0.140. The SMILES string of the molecule is CC[C@H](C(=O)NC)N(Cc1ccc(Cl)cc1)C(=O)CN(c1ccc(Cl)cc1)S(C)(=O)=O. The highest BCUT2D eigenvalue weighted by atomic mass is 35.5. The van der Waals surface area contributed by atoms with Crippen LogP contribution in [0.5, 0.6) is 0 Å². The Balaban J connectivity index is 2.40.